The number of esters is 1. The van der Waals surface area contributed by atoms with E-state index in [4.69, 9.17) is 4.74 Å². The normalized spacial score (nSPS) is 12.4. The molecule has 0 aromatic heterocycles. The van der Waals surface area contributed by atoms with E-state index in [1.54, 1.807) is 45.0 Å². The summed E-state index contributed by atoms with van der Waals surface area (Å²) in [4.78, 5) is 24.3. The molecule has 0 aliphatic heterocycles. The molecule has 1 N–H and O–H groups in total. The fraction of sp³-hybridized carbons (Fsp3) is 0.412. The SMILES string of the molecule is C=C(C)C[C@@H](NC(=O)c1ccccc1)C(=O)OC(C)(C)C. The van der Waals surface area contributed by atoms with Crippen LogP contribution >= 0.6 is 0 Å². The molecule has 21 heavy (non-hydrogen) atoms. The smallest absolute Gasteiger partial charge is 0.329 e. The van der Waals surface area contributed by atoms with E-state index in [0.29, 0.717) is 12.0 Å². The molecule has 1 rings (SSSR count). The van der Waals surface area contributed by atoms with Crippen molar-refractivity contribution in [2.75, 3.05) is 0 Å². The van der Waals surface area contributed by atoms with Gasteiger partial charge in [-0.15, -0.1) is 6.58 Å². The molecule has 0 radical (unpaired) electrons. The Morgan fingerprint density at radius 3 is 2.29 bits per heavy atom. The Labute approximate surface area is 126 Å². The first-order chi connectivity index (χ1) is 9.69. The molecule has 1 atom stereocenters. The van der Waals surface area contributed by atoms with Crippen molar-refractivity contribution in [3.8, 4) is 0 Å². The van der Waals surface area contributed by atoms with Crippen molar-refractivity contribution >= 4 is 11.9 Å². The van der Waals surface area contributed by atoms with Crippen LogP contribution in [-0.2, 0) is 9.53 Å². The van der Waals surface area contributed by atoms with Crippen molar-refractivity contribution in [2.24, 2.45) is 0 Å². The maximum atomic E-state index is 12.2. The van der Waals surface area contributed by atoms with E-state index < -0.39 is 17.6 Å². The van der Waals surface area contributed by atoms with E-state index >= 15 is 0 Å². The summed E-state index contributed by atoms with van der Waals surface area (Å²) in [5.41, 5.74) is 0.717. The van der Waals surface area contributed by atoms with E-state index in [2.05, 4.69) is 11.9 Å². The maximum absolute atomic E-state index is 12.2. The summed E-state index contributed by atoms with van der Waals surface area (Å²) in [5.74, 6) is -0.748. The van der Waals surface area contributed by atoms with Crippen molar-refractivity contribution in [1.29, 1.82) is 0 Å². The van der Waals surface area contributed by atoms with Crippen molar-refractivity contribution in [1.82, 2.24) is 5.32 Å². The number of ether oxygens (including phenoxy) is 1. The number of amides is 1. The van der Waals surface area contributed by atoms with E-state index in [1.807, 2.05) is 13.0 Å². The third kappa shape index (κ3) is 6.25. The molecule has 0 saturated heterocycles. The van der Waals surface area contributed by atoms with Crippen LogP contribution in [0.1, 0.15) is 44.5 Å². The number of carbonyl (C=O) groups is 2. The lowest BCUT2D eigenvalue weighted by Crippen LogP contribution is -2.44. The van der Waals surface area contributed by atoms with Gasteiger partial charge in [0.2, 0.25) is 0 Å². The monoisotopic (exact) mass is 289 g/mol. The zero-order valence-corrected chi connectivity index (χ0v) is 13.1. The number of hydrogen-bond donors (Lipinski definition) is 1. The number of rotatable bonds is 5. The van der Waals surface area contributed by atoms with Crippen LogP contribution in [0.3, 0.4) is 0 Å². The lowest BCUT2D eigenvalue weighted by Gasteiger charge is -2.24. The van der Waals surface area contributed by atoms with Crippen LogP contribution in [0, 0.1) is 0 Å². The number of carbonyl (C=O) groups excluding carboxylic acids is 2. The highest BCUT2D eigenvalue weighted by atomic mass is 16.6. The first-order valence-electron chi connectivity index (χ1n) is 6.92. The molecule has 0 saturated carbocycles. The van der Waals surface area contributed by atoms with Gasteiger partial charge in [-0.3, -0.25) is 4.79 Å². The molecule has 0 heterocycles. The fourth-order valence-corrected chi connectivity index (χ4v) is 1.75. The summed E-state index contributed by atoms with van der Waals surface area (Å²) < 4.78 is 5.34. The van der Waals surface area contributed by atoms with Crippen LogP contribution in [0.15, 0.2) is 42.5 Å². The van der Waals surface area contributed by atoms with Gasteiger partial charge < -0.3 is 10.1 Å². The summed E-state index contributed by atoms with van der Waals surface area (Å²) in [6, 6.07) is 8.04. The van der Waals surface area contributed by atoms with E-state index in [1.165, 1.54) is 0 Å². The van der Waals surface area contributed by atoms with Gasteiger partial charge in [-0.2, -0.15) is 0 Å². The predicted octanol–water partition coefficient (Wildman–Crippen LogP) is 3.09. The highest BCUT2D eigenvalue weighted by molar-refractivity contribution is 5.96. The molecule has 0 aliphatic rings. The van der Waals surface area contributed by atoms with Gasteiger partial charge in [0.1, 0.15) is 11.6 Å². The van der Waals surface area contributed by atoms with Gasteiger partial charge in [0.25, 0.3) is 5.91 Å². The minimum absolute atomic E-state index is 0.298. The van der Waals surface area contributed by atoms with Gasteiger partial charge in [0.05, 0.1) is 0 Å². The second-order valence-electron chi connectivity index (χ2n) is 6.09. The number of hydrogen-bond acceptors (Lipinski definition) is 3. The molecular formula is C17H23NO3. The summed E-state index contributed by atoms with van der Waals surface area (Å²) in [6.45, 7) is 11.0. The highest BCUT2D eigenvalue weighted by Gasteiger charge is 2.26. The van der Waals surface area contributed by atoms with Gasteiger partial charge >= 0.3 is 5.97 Å². The Hall–Kier alpha value is -2.10. The quantitative estimate of drug-likeness (QED) is 0.669. The summed E-state index contributed by atoms with van der Waals surface area (Å²) in [5, 5.41) is 2.71. The third-order valence-corrected chi connectivity index (χ3v) is 2.59. The first kappa shape index (κ1) is 17.0. The van der Waals surface area contributed by atoms with Gasteiger partial charge in [0.15, 0.2) is 0 Å². The molecule has 0 spiro atoms. The zero-order chi connectivity index (χ0) is 16.0. The summed E-state index contributed by atoms with van der Waals surface area (Å²) >= 11 is 0. The lowest BCUT2D eigenvalue weighted by molar-refractivity contribution is -0.157. The number of benzene rings is 1. The maximum Gasteiger partial charge on any atom is 0.329 e. The Morgan fingerprint density at radius 2 is 1.81 bits per heavy atom. The van der Waals surface area contributed by atoms with Gasteiger partial charge in [0, 0.05) is 5.56 Å². The molecular weight excluding hydrogens is 266 g/mol. The van der Waals surface area contributed by atoms with Gasteiger partial charge in [-0.25, -0.2) is 4.79 Å². The molecule has 1 aromatic rings. The van der Waals surface area contributed by atoms with Gasteiger partial charge in [-0.1, -0.05) is 23.8 Å². The van der Waals surface area contributed by atoms with Crippen LogP contribution in [0.2, 0.25) is 0 Å². The van der Waals surface area contributed by atoms with Crippen molar-refractivity contribution in [3.63, 3.8) is 0 Å². The van der Waals surface area contributed by atoms with E-state index in [9.17, 15) is 9.59 Å². The van der Waals surface area contributed by atoms with Crippen molar-refractivity contribution in [2.45, 2.75) is 45.8 Å². The Kier molecular flexibility index (Phi) is 5.70. The average molecular weight is 289 g/mol. The first-order valence-corrected chi connectivity index (χ1v) is 6.92. The third-order valence-electron chi connectivity index (χ3n) is 2.59. The Balaban J connectivity index is 2.81. The second-order valence-corrected chi connectivity index (χ2v) is 6.09. The van der Waals surface area contributed by atoms with Crippen LogP contribution < -0.4 is 5.32 Å². The van der Waals surface area contributed by atoms with E-state index in [0.717, 1.165) is 5.57 Å². The van der Waals surface area contributed by atoms with Crippen molar-refractivity contribution < 1.29 is 14.3 Å². The standard InChI is InChI=1S/C17H23NO3/c1-12(2)11-14(16(20)21-17(3,4)5)18-15(19)13-9-7-6-8-10-13/h6-10,14H,1,11H2,2-5H3,(H,18,19)/t14-/m1/s1. The average Bonchev–Trinajstić information content (AvgIpc) is 2.36. The van der Waals surface area contributed by atoms with Crippen LogP contribution in [0.5, 0.6) is 0 Å². The van der Waals surface area contributed by atoms with E-state index in [-0.39, 0.29) is 5.91 Å². The Morgan fingerprint density at radius 1 is 1.24 bits per heavy atom. The highest BCUT2D eigenvalue weighted by Crippen LogP contribution is 2.12. The molecule has 114 valence electrons. The fourth-order valence-electron chi connectivity index (χ4n) is 1.75. The molecule has 0 unspecified atom stereocenters. The summed E-state index contributed by atoms with van der Waals surface area (Å²) in [7, 11) is 0. The molecule has 0 fully saturated rings. The summed E-state index contributed by atoms with van der Waals surface area (Å²) in [6.07, 6.45) is 0.355. The molecule has 4 nitrogen and oxygen atoms in total. The van der Waals surface area contributed by atoms with Gasteiger partial charge in [-0.05, 0) is 46.2 Å². The topological polar surface area (TPSA) is 55.4 Å². The zero-order valence-electron chi connectivity index (χ0n) is 13.1. The van der Waals surface area contributed by atoms with Crippen LogP contribution in [-0.4, -0.2) is 23.5 Å². The molecule has 4 heteroatoms. The Bertz CT molecular complexity index is 515. The largest absolute Gasteiger partial charge is 0.458 e. The molecule has 0 aliphatic carbocycles. The van der Waals surface area contributed by atoms with Crippen molar-refractivity contribution in [3.05, 3.63) is 48.0 Å². The minimum Gasteiger partial charge on any atom is -0.458 e. The minimum atomic E-state index is -0.727. The molecule has 1 aromatic carbocycles. The molecule has 0 bridgehead atoms. The number of nitrogens with one attached hydrogen (secondary N) is 1. The predicted molar refractivity (Wildman–Crippen MR) is 83.0 cm³/mol. The lowest BCUT2D eigenvalue weighted by atomic mass is 10.1. The van der Waals surface area contributed by atoms with Crippen LogP contribution in [0.4, 0.5) is 0 Å². The van der Waals surface area contributed by atoms with Crippen LogP contribution in [0.25, 0.3) is 0 Å². The second kappa shape index (κ2) is 7.07. The molecule has 1 amide bonds.